The Morgan fingerprint density at radius 1 is 1.12 bits per heavy atom. The van der Waals surface area contributed by atoms with Gasteiger partial charge in [0.1, 0.15) is 6.04 Å². The molecule has 0 amide bonds. The highest BCUT2D eigenvalue weighted by Crippen LogP contribution is 2.37. The van der Waals surface area contributed by atoms with Gasteiger partial charge in [-0.2, -0.15) is 5.26 Å². The molecule has 0 spiro atoms. The number of carbonyl (C=O) groups is 1. The second kappa shape index (κ2) is 7.23. The van der Waals surface area contributed by atoms with Gasteiger partial charge in [0.25, 0.3) is 0 Å². The van der Waals surface area contributed by atoms with E-state index in [1.54, 1.807) is 25.1 Å². The van der Waals surface area contributed by atoms with E-state index in [2.05, 4.69) is 18.2 Å². The number of esters is 1. The van der Waals surface area contributed by atoms with Crippen molar-refractivity contribution in [1.82, 2.24) is 4.90 Å². The Bertz CT molecular complexity index is 819. The van der Waals surface area contributed by atoms with Gasteiger partial charge in [0, 0.05) is 13.2 Å². The summed E-state index contributed by atoms with van der Waals surface area (Å²) in [6.45, 7) is 2.11. The highest BCUT2D eigenvalue weighted by molar-refractivity contribution is 5.80. The van der Waals surface area contributed by atoms with Gasteiger partial charge in [-0.05, 0) is 23.6 Å². The average Bonchev–Trinajstić information content (AvgIpc) is 2.99. The van der Waals surface area contributed by atoms with E-state index in [0.717, 1.165) is 16.7 Å². The zero-order valence-corrected chi connectivity index (χ0v) is 14.3. The third-order valence-electron chi connectivity index (χ3n) is 4.47. The molecule has 1 aliphatic rings. The molecule has 0 bridgehead atoms. The third kappa shape index (κ3) is 3.27. The highest BCUT2D eigenvalue weighted by Gasteiger charge is 2.40. The molecule has 25 heavy (non-hydrogen) atoms. The van der Waals surface area contributed by atoms with E-state index in [1.165, 1.54) is 0 Å². The molecule has 0 saturated carbocycles. The van der Waals surface area contributed by atoms with E-state index in [-0.39, 0.29) is 11.9 Å². The molecule has 4 nitrogen and oxygen atoms in total. The van der Waals surface area contributed by atoms with Crippen LogP contribution >= 0.6 is 0 Å². The second-order valence-corrected chi connectivity index (χ2v) is 6.02. The van der Waals surface area contributed by atoms with E-state index in [1.807, 2.05) is 42.5 Å². The Kier molecular flexibility index (Phi) is 4.85. The third-order valence-corrected chi connectivity index (χ3v) is 4.47. The Hall–Kier alpha value is -3.06. The summed E-state index contributed by atoms with van der Waals surface area (Å²) in [5, 5.41) is 9.48. The maximum atomic E-state index is 12.4. The summed E-state index contributed by atoms with van der Waals surface area (Å²) in [6.07, 6.45) is 1.73. The number of likely N-dealkylation sites (N-methyl/N-ethyl adjacent to an activating group) is 1. The minimum Gasteiger partial charge on any atom is -0.464 e. The zero-order valence-electron chi connectivity index (χ0n) is 14.3. The van der Waals surface area contributed by atoms with Crippen molar-refractivity contribution >= 4 is 5.97 Å². The van der Waals surface area contributed by atoms with Crippen LogP contribution in [0.3, 0.4) is 0 Å². The first kappa shape index (κ1) is 16.8. The van der Waals surface area contributed by atoms with Crippen molar-refractivity contribution in [3.8, 4) is 17.2 Å². The molecular weight excluding hydrogens is 312 g/mol. The fraction of sp³-hybridized carbons (Fsp3) is 0.238. The summed E-state index contributed by atoms with van der Waals surface area (Å²) in [4.78, 5) is 14.2. The lowest BCUT2D eigenvalue weighted by atomic mass is 9.87. The van der Waals surface area contributed by atoms with Gasteiger partial charge >= 0.3 is 5.97 Å². The molecular formula is C21H20N2O2. The summed E-state index contributed by atoms with van der Waals surface area (Å²) < 4.78 is 5.21. The Morgan fingerprint density at radius 2 is 1.76 bits per heavy atom. The highest BCUT2D eigenvalue weighted by atomic mass is 16.5. The molecule has 3 rings (SSSR count). The van der Waals surface area contributed by atoms with Crippen LogP contribution in [0.4, 0.5) is 0 Å². The van der Waals surface area contributed by atoms with Gasteiger partial charge in [-0.15, -0.1) is 0 Å². The van der Waals surface area contributed by atoms with Gasteiger partial charge in [0.2, 0.25) is 0 Å². The van der Waals surface area contributed by atoms with Crippen LogP contribution in [0.15, 0.2) is 66.4 Å². The molecule has 2 aromatic rings. The molecule has 0 saturated heterocycles. The number of hydrogen-bond donors (Lipinski definition) is 0. The molecule has 0 radical (unpaired) electrons. The molecule has 126 valence electrons. The van der Waals surface area contributed by atoms with Crippen molar-refractivity contribution in [2.24, 2.45) is 0 Å². The van der Waals surface area contributed by atoms with E-state index in [4.69, 9.17) is 4.74 Å². The Morgan fingerprint density at radius 3 is 2.36 bits per heavy atom. The maximum absolute atomic E-state index is 12.4. The molecule has 1 heterocycles. The van der Waals surface area contributed by atoms with Crippen molar-refractivity contribution in [2.75, 3.05) is 13.7 Å². The van der Waals surface area contributed by atoms with Crippen molar-refractivity contribution in [2.45, 2.75) is 18.9 Å². The molecule has 2 unspecified atom stereocenters. The summed E-state index contributed by atoms with van der Waals surface area (Å²) in [6, 6.07) is 19.9. The quantitative estimate of drug-likeness (QED) is 0.801. The number of rotatable bonds is 4. The monoisotopic (exact) mass is 332 g/mol. The number of ether oxygens (including phenoxy) is 1. The maximum Gasteiger partial charge on any atom is 0.329 e. The standard InChI is InChI=1S/C21H20N2O2/c1-3-25-21(24)20-19(18(13-22)14-23(20)2)17-11-9-16(10-12-17)15-7-5-4-6-8-15/h4-12,14,19-20H,3H2,1-2H3. The number of nitriles is 1. The van der Waals surface area contributed by atoms with Crippen molar-refractivity contribution in [3.63, 3.8) is 0 Å². The topological polar surface area (TPSA) is 53.3 Å². The van der Waals surface area contributed by atoms with Crippen LogP contribution in [0.25, 0.3) is 11.1 Å². The average molecular weight is 332 g/mol. The van der Waals surface area contributed by atoms with E-state index < -0.39 is 6.04 Å². The largest absolute Gasteiger partial charge is 0.464 e. The lowest BCUT2D eigenvalue weighted by Gasteiger charge is -2.25. The first-order chi connectivity index (χ1) is 12.2. The van der Waals surface area contributed by atoms with Crippen molar-refractivity contribution in [1.29, 1.82) is 5.26 Å². The zero-order chi connectivity index (χ0) is 17.8. The Labute approximate surface area is 148 Å². The fourth-order valence-corrected chi connectivity index (χ4v) is 3.29. The van der Waals surface area contributed by atoms with Crippen LogP contribution in [0, 0.1) is 11.3 Å². The van der Waals surface area contributed by atoms with Crippen molar-refractivity contribution < 1.29 is 9.53 Å². The van der Waals surface area contributed by atoms with Crippen LogP contribution < -0.4 is 0 Å². The van der Waals surface area contributed by atoms with Gasteiger partial charge in [-0.25, -0.2) is 4.79 Å². The van der Waals surface area contributed by atoms with Crippen molar-refractivity contribution in [3.05, 3.63) is 71.9 Å². The predicted molar refractivity (Wildman–Crippen MR) is 96.5 cm³/mol. The van der Waals surface area contributed by atoms with Gasteiger partial charge < -0.3 is 9.64 Å². The molecule has 0 fully saturated rings. The number of nitrogens with zero attached hydrogens (tertiary/aromatic N) is 2. The lowest BCUT2D eigenvalue weighted by molar-refractivity contribution is -0.148. The molecule has 4 heteroatoms. The van der Waals surface area contributed by atoms with Crippen LogP contribution in [0.5, 0.6) is 0 Å². The minimum absolute atomic E-state index is 0.302. The van der Waals surface area contributed by atoms with Gasteiger partial charge in [0.05, 0.1) is 24.2 Å². The molecule has 2 aromatic carbocycles. The lowest BCUT2D eigenvalue weighted by Crippen LogP contribution is -2.37. The molecule has 1 aliphatic heterocycles. The first-order valence-corrected chi connectivity index (χ1v) is 8.31. The van der Waals surface area contributed by atoms with Crippen LogP contribution in [-0.2, 0) is 9.53 Å². The van der Waals surface area contributed by atoms with Crippen LogP contribution in [0.1, 0.15) is 18.4 Å². The van der Waals surface area contributed by atoms with Crippen LogP contribution in [-0.4, -0.2) is 30.6 Å². The smallest absolute Gasteiger partial charge is 0.329 e. The Balaban J connectivity index is 1.93. The predicted octanol–water partition coefficient (Wildman–Crippen LogP) is 3.72. The second-order valence-electron chi connectivity index (χ2n) is 6.02. The summed E-state index contributed by atoms with van der Waals surface area (Å²) in [5.41, 5.74) is 3.75. The molecule has 0 aromatic heterocycles. The minimum atomic E-state index is -0.503. The molecule has 0 aliphatic carbocycles. The fourth-order valence-electron chi connectivity index (χ4n) is 3.29. The van der Waals surface area contributed by atoms with Gasteiger partial charge in [-0.3, -0.25) is 0 Å². The van der Waals surface area contributed by atoms with Gasteiger partial charge in [0.15, 0.2) is 0 Å². The summed E-state index contributed by atoms with van der Waals surface area (Å²) >= 11 is 0. The van der Waals surface area contributed by atoms with E-state index in [0.29, 0.717) is 12.2 Å². The normalized spacial score (nSPS) is 19.2. The number of hydrogen-bond acceptors (Lipinski definition) is 4. The SMILES string of the molecule is CCOC(=O)C1C(c2ccc(-c3ccccc3)cc2)C(C#N)=CN1C. The molecule has 2 atom stereocenters. The van der Waals surface area contributed by atoms with Crippen LogP contribution in [0.2, 0.25) is 0 Å². The van der Waals surface area contributed by atoms with E-state index in [9.17, 15) is 10.1 Å². The number of carbonyl (C=O) groups excluding carboxylic acids is 1. The molecule has 0 N–H and O–H groups in total. The summed E-state index contributed by atoms with van der Waals surface area (Å²) in [7, 11) is 1.80. The van der Waals surface area contributed by atoms with E-state index >= 15 is 0 Å². The number of benzene rings is 2. The first-order valence-electron chi connectivity index (χ1n) is 8.31. The van der Waals surface area contributed by atoms with Gasteiger partial charge in [-0.1, -0.05) is 54.6 Å². The summed E-state index contributed by atoms with van der Waals surface area (Å²) in [5.74, 6) is -0.609.